The van der Waals surface area contributed by atoms with Crippen LogP contribution in [0.1, 0.15) is 20.8 Å². The van der Waals surface area contributed by atoms with E-state index < -0.39 is 0 Å². The third kappa shape index (κ3) is 3.73. The second-order valence-corrected chi connectivity index (χ2v) is 5.58. The summed E-state index contributed by atoms with van der Waals surface area (Å²) in [5, 5.41) is 0. The van der Waals surface area contributed by atoms with Crippen molar-refractivity contribution in [3.05, 3.63) is 40.2 Å². The molecule has 0 bridgehead atoms. The van der Waals surface area contributed by atoms with Crippen LogP contribution < -0.4 is 4.29 Å². The molecule has 1 heterocycles. The average Bonchev–Trinajstić information content (AvgIpc) is 2.56. The molecule has 1 nitrogen and oxygen atoms in total. The Morgan fingerprint density at radius 3 is 2.77 bits per heavy atom. The van der Waals surface area contributed by atoms with Crippen LogP contribution in [0, 0.1) is 0 Å². The molecule has 1 rings (SSSR count). The van der Waals surface area contributed by atoms with Crippen molar-refractivity contribution in [3.8, 4) is 0 Å². The van der Waals surface area contributed by atoms with Crippen molar-refractivity contribution in [1.29, 1.82) is 0 Å². The van der Waals surface area contributed by atoms with E-state index >= 15 is 0 Å². The van der Waals surface area contributed by atoms with E-state index in [0.717, 1.165) is 0 Å². The van der Waals surface area contributed by atoms with Gasteiger partial charge < -0.3 is 0 Å². The molecule has 0 aliphatic heterocycles. The molecule has 2 heteroatoms. The Hall–Kier alpha value is -0.617. The van der Waals surface area contributed by atoms with E-state index in [1.54, 1.807) is 0 Å². The molecule has 0 aliphatic rings. The quantitative estimate of drug-likeness (QED) is 0.636. The van der Waals surface area contributed by atoms with Gasteiger partial charge in [-0.15, -0.1) is 0 Å². The Morgan fingerprint density at radius 2 is 2.23 bits per heavy atom. The van der Waals surface area contributed by atoms with Crippen molar-refractivity contribution in [2.75, 3.05) is 0 Å². The number of hydrogen-bond acceptors (Lipinski definition) is 0. The van der Waals surface area contributed by atoms with Crippen LogP contribution in [0.4, 0.5) is 0 Å². The first-order chi connectivity index (χ1) is 6.22. The molecule has 72 valence electrons. The molecule has 13 heavy (non-hydrogen) atoms. The summed E-state index contributed by atoms with van der Waals surface area (Å²) in [4.78, 5) is 3.24. The number of nitrogens with one attached hydrogen (secondary N) is 1. The Labute approximate surface area is 87.5 Å². The molecule has 0 aromatic carbocycles. The van der Waals surface area contributed by atoms with E-state index in [4.69, 9.17) is 0 Å². The zero-order valence-electron chi connectivity index (χ0n) is 8.24. The predicted octanol–water partition coefficient (Wildman–Crippen LogP) is 2.59. The molecule has 0 unspecified atom stereocenters. The van der Waals surface area contributed by atoms with E-state index in [-0.39, 0.29) is 17.1 Å². The van der Waals surface area contributed by atoms with Gasteiger partial charge in [0.1, 0.15) is 0 Å². The van der Waals surface area contributed by atoms with Crippen molar-refractivity contribution in [2.24, 2.45) is 0 Å². The zero-order chi connectivity index (χ0) is 9.68. The SMILES string of the molecule is CC=C(C)C=[C](C)[Ru][c]1ccc[nH]1. The number of aromatic nitrogens is 1. The maximum absolute atomic E-state index is 3.24. The predicted molar refractivity (Wildman–Crippen MR) is 53.6 cm³/mol. The fraction of sp³-hybridized carbons (Fsp3) is 0.273. The van der Waals surface area contributed by atoms with Crippen LogP contribution in [0.25, 0.3) is 0 Å². The molecule has 0 radical (unpaired) electrons. The van der Waals surface area contributed by atoms with E-state index in [0.29, 0.717) is 0 Å². The maximum atomic E-state index is 3.24. The number of H-pyrrole nitrogens is 1. The van der Waals surface area contributed by atoms with Gasteiger partial charge in [0, 0.05) is 0 Å². The molecule has 1 aromatic rings. The summed E-state index contributed by atoms with van der Waals surface area (Å²) >= 11 is 0.206. The average molecular weight is 262 g/mol. The molecule has 0 saturated carbocycles. The van der Waals surface area contributed by atoms with Crippen LogP contribution in [0.2, 0.25) is 0 Å². The molecule has 0 saturated heterocycles. The van der Waals surface area contributed by atoms with Crippen molar-refractivity contribution in [1.82, 2.24) is 4.98 Å². The van der Waals surface area contributed by atoms with Gasteiger partial charge in [-0.2, -0.15) is 0 Å². The van der Waals surface area contributed by atoms with Crippen LogP contribution in [-0.2, 0) is 17.1 Å². The standard InChI is InChI=1S/C7H11.C4H4N.Ru/c1-4-6-7(3)5-2;1-2-4-5-3-1;/h5-6H,1-3H3;1-3,5H;. The van der Waals surface area contributed by atoms with E-state index in [9.17, 15) is 0 Å². The van der Waals surface area contributed by atoms with Crippen LogP contribution in [0.3, 0.4) is 0 Å². The second-order valence-electron chi connectivity index (χ2n) is 2.84. The minimum atomic E-state index is 0.206. The molecule has 0 fully saturated rings. The van der Waals surface area contributed by atoms with Gasteiger partial charge in [0.05, 0.1) is 0 Å². The Kier molecular flexibility index (Phi) is 4.17. The third-order valence-electron chi connectivity index (χ3n) is 1.67. The van der Waals surface area contributed by atoms with E-state index in [1.807, 2.05) is 6.20 Å². The fourth-order valence-electron chi connectivity index (χ4n) is 0.926. The number of hydrogen-bond donors (Lipinski definition) is 1. The third-order valence-corrected chi connectivity index (χ3v) is 3.61. The Morgan fingerprint density at radius 1 is 1.46 bits per heavy atom. The topological polar surface area (TPSA) is 15.8 Å². The van der Waals surface area contributed by atoms with Crippen molar-refractivity contribution >= 4 is 4.29 Å². The Balaban J connectivity index is 2.60. The van der Waals surface area contributed by atoms with Crippen molar-refractivity contribution in [2.45, 2.75) is 20.8 Å². The summed E-state index contributed by atoms with van der Waals surface area (Å²) < 4.78 is 2.84. The van der Waals surface area contributed by atoms with Gasteiger partial charge in [0.2, 0.25) is 0 Å². The molecule has 1 aromatic heterocycles. The zero-order valence-corrected chi connectivity index (χ0v) is 9.98. The monoisotopic (exact) mass is 263 g/mol. The van der Waals surface area contributed by atoms with Gasteiger partial charge in [-0.3, -0.25) is 0 Å². The van der Waals surface area contributed by atoms with Crippen molar-refractivity contribution in [3.63, 3.8) is 0 Å². The van der Waals surface area contributed by atoms with Crippen LogP contribution in [-0.4, -0.2) is 4.98 Å². The summed E-state index contributed by atoms with van der Waals surface area (Å²) in [5.41, 5.74) is 1.35. The van der Waals surface area contributed by atoms with Gasteiger partial charge >= 0.3 is 87.4 Å². The van der Waals surface area contributed by atoms with Crippen molar-refractivity contribution < 1.29 is 17.1 Å². The number of aromatic amines is 1. The molecule has 0 atom stereocenters. The molecular weight excluding hydrogens is 247 g/mol. The summed E-state index contributed by atoms with van der Waals surface area (Å²) in [5.74, 6) is 0. The summed E-state index contributed by atoms with van der Waals surface area (Å²) in [6, 6.07) is 4.21. The molecule has 0 amide bonds. The molecule has 1 N–H and O–H groups in total. The Bertz CT molecular complexity index is 307. The summed E-state index contributed by atoms with van der Waals surface area (Å²) in [6.45, 7) is 6.41. The normalized spacial score (nSPS) is 13.8. The summed E-state index contributed by atoms with van der Waals surface area (Å²) in [7, 11) is 0. The molecule has 0 aliphatic carbocycles. The van der Waals surface area contributed by atoms with Crippen LogP contribution in [0.5, 0.6) is 0 Å². The van der Waals surface area contributed by atoms with Gasteiger partial charge in [-0.05, 0) is 0 Å². The van der Waals surface area contributed by atoms with Gasteiger partial charge in [0.25, 0.3) is 0 Å². The molecule has 0 spiro atoms. The second kappa shape index (κ2) is 5.19. The molecular formula is C11H15NRu. The first-order valence-electron chi connectivity index (χ1n) is 4.29. The van der Waals surface area contributed by atoms with E-state index in [1.165, 1.54) is 14.0 Å². The minimum absolute atomic E-state index is 0.206. The number of rotatable bonds is 3. The van der Waals surface area contributed by atoms with E-state index in [2.05, 4.69) is 50.0 Å². The van der Waals surface area contributed by atoms with Crippen LogP contribution >= 0.6 is 0 Å². The first-order valence-corrected chi connectivity index (χ1v) is 6.03. The first kappa shape index (κ1) is 10.5. The van der Waals surface area contributed by atoms with Gasteiger partial charge in [0.15, 0.2) is 0 Å². The van der Waals surface area contributed by atoms with Gasteiger partial charge in [-0.1, -0.05) is 0 Å². The summed E-state index contributed by atoms with van der Waals surface area (Å²) in [6.07, 6.45) is 6.39. The number of allylic oxidation sites excluding steroid dienone is 4. The van der Waals surface area contributed by atoms with Crippen LogP contribution in [0.15, 0.2) is 40.2 Å². The fourth-order valence-corrected chi connectivity index (χ4v) is 2.77. The van der Waals surface area contributed by atoms with Gasteiger partial charge in [-0.25, -0.2) is 0 Å².